The van der Waals surface area contributed by atoms with E-state index in [9.17, 15) is 9.59 Å². The monoisotopic (exact) mass is 478 g/mol. The molecule has 0 heterocycles. The first-order valence-electron chi connectivity index (χ1n) is 10.8. The molecule has 0 aromatic rings. The van der Waals surface area contributed by atoms with Crippen molar-refractivity contribution in [1.82, 2.24) is 0 Å². The molecule has 0 aliphatic carbocycles. The van der Waals surface area contributed by atoms with E-state index in [2.05, 4.69) is 13.2 Å². The summed E-state index contributed by atoms with van der Waals surface area (Å²) in [4.78, 5) is 21.6. The molecule has 0 unspecified atom stereocenters. The van der Waals surface area contributed by atoms with Crippen LogP contribution in [-0.2, 0) is 52.2 Å². The van der Waals surface area contributed by atoms with Gasteiger partial charge in [0.2, 0.25) is 0 Å². The van der Waals surface area contributed by atoms with Crippen LogP contribution in [0.25, 0.3) is 0 Å². The number of carbonyl (C=O) groups excluding carboxylic acids is 2. The summed E-state index contributed by atoms with van der Waals surface area (Å²) in [5, 5.41) is 0. The molecule has 0 aromatic carbocycles. The Labute approximate surface area is 195 Å². The minimum Gasteiger partial charge on any atom is -0.460 e. The normalized spacial score (nSPS) is 10.7. The summed E-state index contributed by atoms with van der Waals surface area (Å²) in [5.74, 6) is -0.925. The third-order valence-corrected chi connectivity index (χ3v) is 3.51. The molecule has 0 aliphatic heterocycles. The second-order valence-corrected chi connectivity index (χ2v) is 6.03. The summed E-state index contributed by atoms with van der Waals surface area (Å²) >= 11 is 0. The molecule has 33 heavy (non-hydrogen) atoms. The van der Waals surface area contributed by atoms with Gasteiger partial charge < -0.3 is 42.6 Å². The summed E-state index contributed by atoms with van der Waals surface area (Å²) in [5.41, 5.74) is 0. The lowest BCUT2D eigenvalue weighted by Crippen LogP contribution is -2.15. The van der Waals surface area contributed by atoms with Gasteiger partial charge in [0, 0.05) is 12.2 Å². The summed E-state index contributed by atoms with van der Waals surface area (Å²) < 4.78 is 46.8. The van der Waals surface area contributed by atoms with Crippen LogP contribution >= 0.6 is 0 Å². The van der Waals surface area contributed by atoms with Crippen molar-refractivity contribution in [2.45, 2.75) is 0 Å². The smallest absolute Gasteiger partial charge is 0.330 e. The molecule has 0 atom stereocenters. The molecule has 0 aromatic heterocycles. The van der Waals surface area contributed by atoms with Gasteiger partial charge in [-0.1, -0.05) is 13.2 Å². The summed E-state index contributed by atoms with van der Waals surface area (Å²) in [6.07, 6.45) is 2.22. The van der Waals surface area contributed by atoms with Gasteiger partial charge in [-0.05, 0) is 0 Å². The Morgan fingerprint density at radius 3 is 0.758 bits per heavy atom. The number of carbonyl (C=O) groups is 2. The Balaban J connectivity index is 3.06. The molecule has 0 aliphatic rings. The zero-order valence-electron chi connectivity index (χ0n) is 19.4. The molecule has 0 saturated carbocycles. The minimum absolute atomic E-state index is 0.196. The molecule has 0 rings (SSSR count). The van der Waals surface area contributed by atoms with Crippen LogP contribution in [0.3, 0.4) is 0 Å². The molecule has 0 saturated heterocycles. The number of hydrogen-bond acceptors (Lipinski definition) is 11. The molecule has 0 fully saturated rings. The van der Waals surface area contributed by atoms with E-state index in [0.717, 1.165) is 12.2 Å². The van der Waals surface area contributed by atoms with Crippen molar-refractivity contribution in [2.24, 2.45) is 0 Å². The molecule has 0 spiro atoms. The van der Waals surface area contributed by atoms with E-state index in [1.54, 1.807) is 0 Å². The summed E-state index contributed by atoms with van der Waals surface area (Å²) in [6.45, 7) is 13.1. The van der Waals surface area contributed by atoms with E-state index >= 15 is 0 Å². The maximum absolute atomic E-state index is 10.8. The summed E-state index contributed by atoms with van der Waals surface area (Å²) in [6, 6.07) is 0. The zero-order chi connectivity index (χ0) is 24.2. The largest absolute Gasteiger partial charge is 0.460 e. The second-order valence-electron chi connectivity index (χ2n) is 6.03. The van der Waals surface area contributed by atoms with Gasteiger partial charge in [-0.25, -0.2) is 9.59 Å². The lowest BCUT2D eigenvalue weighted by Gasteiger charge is -2.08. The quantitative estimate of drug-likeness (QED) is 0.0986. The molecule has 0 radical (unpaired) electrons. The van der Waals surface area contributed by atoms with Gasteiger partial charge in [0.05, 0.1) is 92.5 Å². The molecular weight excluding hydrogens is 440 g/mol. The average Bonchev–Trinajstić information content (AvgIpc) is 2.83. The molecule has 0 bridgehead atoms. The molecule has 192 valence electrons. The van der Waals surface area contributed by atoms with Crippen LogP contribution < -0.4 is 0 Å². The van der Waals surface area contributed by atoms with E-state index in [1.165, 1.54) is 0 Å². The molecular formula is C22H38O11. The topological polar surface area (TPSA) is 117 Å². The molecule has 11 heteroatoms. The number of esters is 2. The van der Waals surface area contributed by atoms with Gasteiger partial charge >= 0.3 is 11.9 Å². The second kappa shape index (κ2) is 26.4. The van der Waals surface area contributed by atoms with Crippen molar-refractivity contribution < 1.29 is 52.2 Å². The zero-order valence-corrected chi connectivity index (χ0v) is 19.4. The van der Waals surface area contributed by atoms with Crippen LogP contribution in [0.4, 0.5) is 0 Å². The van der Waals surface area contributed by atoms with Crippen LogP contribution in [-0.4, -0.2) is 118 Å². The van der Waals surface area contributed by atoms with Crippen LogP contribution in [0.15, 0.2) is 25.3 Å². The van der Waals surface area contributed by atoms with Crippen molar-refractivity contribution in [3.63, 3.8) is 0 Å². The van der Waals surface area contributed by atoms with Crippen molar-refractivity contribution >= 4 is 11.9 Å². The van der Waals surface area contributed by atoms with E-state index in [1.807, 2.05) is 0 Å². The molecule has 0 amide bonds. The first-order chi connectivity index (χ1) is 16.2. The van der Waals surface area contributed by atoms with E-state index in [0.29, 0.717) is 92.5 Å². The maximum Gasteiger partial charge on any atom is 0.330 e. The Hall–Kier alpha value is -1.86. The lowest BCUT2D eigenvalue weighted by atomic mass is 10.6. The Morgan fingerprint density at radius 2 is 0.576 bits per heavy atom. The maximum atomic E-state index is 10.8. The fraction of sp³-hybridized carbons (Fsp3) is 0.727. The first-order valence-corrected chi connectivity index (χ1v) is 10.8. The third-order valence-electron chi connectivity index (χ3n) is 3.51. The Kier molecular flexibility index (Phi) is 24.9. The highest BCUT2D eigenvalue weighted by Crippen LogP contribution is 1.86. The Morgan fingerprint density at radius 1 is 0.394 bits per heavy atom. The highest BCUT2D eigenvalue weighted by molar-refractivity contribution is 5.81. The van der Waals surface area contributed by atoms with Crippen molar-refractivity contribution in [2.75, 3.05) is 106 Å². The SMILES string of the molecule is C=CC(=O)OCCOCCOCCOCCOCCOCCOCCOCCOC(=O)C=C. The van der Waals surface area contributed by atoms with Gasteiger partial charge in [-0.2, -0.15) is 0 Å². The van der Waals surface area contributed by atoms with Crippen molar-refractivity contribution in [1.29, 1.82) is 0 Å². The standard InChI is InChI=1S/C22H38O11/c1-3-21(23)32-19-17-30-15-13-28-11-9-26-7-5-25-6-8-27-10-12-29-14-16-31-18-20-33-22(24)4-2/h3-4H,1-2,5-20H2. The number of ether oxygens (including phenoxy) is 9. The van der Waals surface area contributed by atoms with Gasteiger partial charge in [-0.3, -0.25) is 0 Å². The van der Waals surface area contributed by atoms with Crippen LogP contribution in [0.2, 0.25) is 0 Å². The van der Waals surface area contributed by atoms with Crippen molar-refractivity contribution in [3.05, 3.63) is 25.3 Å². The van der Waals surface area contributed by atoms with Gasteiger partial charge in [0.15, 0.2) is 0 Å². The van der Waals surface area contributed by atoms with Gasteiger partial charge in [-0.15, -0.1) is 0 Å². The van der Waals surface area contributed by atoms with Gasteiger partial charge in [0.1, 0.15) is 13.2 Å². The molecule has 0 N–H and O–H groups in total. The highest BCUT2D eigenvalue weighted by Gasteiger charge is 1.97. The van der Waals surface area contributed by atoms with Crippen molar-refractivity contribution in [3.8, 4) is 0 Å². The highest BCUT2D eigenvalue weighted by atomic mass is 16.6. The fourth-order valence-electron chi connectivity index (χ4n) is 1.94. The van der Waals surface area contributed by atoms with Crippen LogP contribution in [0.1, 0.15) is 0 Å². The first kappa shape index (κ1) is 31.1. The third kappa shape index (κ3) is 26.3. The van der Waals surface area contributed by atoms with E-state index in [4.69, 9.17) is 42.6 Å². The predicted molar refractivity (Wildman–Crippen MR) is 118 cm³/mol. The number of hydrogen-bond donors (Lipinski definition) is 0. The van der Waals surface area contributed by atoms with Gasteiger partial charge in [0.25, 0.3) is 0 Å². The van der Waals surface area contributed by atoms with Crippen LogP contribution in [0, 0.1) is 0 Å². The Bertz CT molecular complexity index is 443. The average molecular weight is 479 g/mol. The lowest BCUT2D eigenvalue weighted by molar-refractivity contribution is -0.140. The molecule has 11 nitrogen and oxygen atoms in total. The van der Waals surface area contributed by atoms with Crippen LogP contribution in [0.5, 0.6) is 0 Å². The van der Waals surface area contributed by atoms with E-state index < -0.39 is 11.9 Å². The number of rotatable bonds is 26. The summed E-state index contributed by atoms with van der Waals surface area (Å²) in [7, 11) is 0. The van der Waals surface area contributed by atoms with E-state index in [-0.39, 0.29) is 13.2 Å². The fourth-order valence-corrected chi connectivity index (χ4v) is 1.94. The minimum atomic E-state index is -0.462. The predicted octanol–water partition coefficient (Wildman–Crippen LogP) is 0.561.